The number of pyridine rings is 1. The van der Waals surface area contributed by atoms with Crippen molar-refractivity contribution >= 4 is 5.91 Å². The smallest absolute Gasteiger partial charge is 0.254 e. The number of carbonyl (C=O) groups excluding carboxylic acids is 1. The van der Waals surface area contributed by atoms with Gasteiger partial charge in [-0.05, 0) is 45.6 Å². The van der Waals surface area contributed by atoms with Crippen LogP contribution in [0.1, 0.15) is 56.8 Å². The first-order valence-electron chi connectivity index (χ1n) is 8.13. The summed E-state index contributed by atoms with van der Waals surface area (Å²) in [5, 5.41) is 9.59. The average Bonchev–Trinajstić information content (AvgIpc) is 2.94. The monoisotopic (exact) mass is 306 g/mol. The highest BCUT2D eigenvalue weighted by Gasteiger charge is 2.30. The molecule has 0 aromatic carbocycles. The lowest BCUT2D eigenvalue weighted by Crippen LogP contribution is -2.37. The first-order chi connectivity index (χ1) is 10.5. The molecule has 0 bridgehead atoms. The first-order valence-corrected chi connectivity index (χ1v) is 8.13. The van der Waals surface area contributed by atoms with Crippen molar-refractivity contribution in [3.8, 4) is 5.88 Å². The van der Waals surface area contributed by atoms with Crippen molar-refractivity contribution < 1.29 is 14.6 Å². The predicted molar refractivity (Wildman–Crippen MR) is 85.0 cm³/mol. The number of aromatic nitrogens is 1. The van der Waals surface area contributed by atoms with E-state index in [1.54, 1.807) is 25.3 Å². The molecule has 0 spiro atoms. The second-order valence-corrected chi connectivity index (χ2v) is 6.10. The van der Waals surface area contributed by atoms with Crippen molar-refractivity contribution in [2.24, 2.45) is 0 Å². The molecule has 0 saturated carbocycles. The van der Waals surface area contributed by atoms with Crippen LogP contribution in [0, 0.1) is 0 Å². The number of amides is 1. The zero-order chi connectivity index (χ0) is 16.1. The highest BCUT2D eigenvalue weighted by atomic mass is 16.5. The van der Waals surface area contributed by atoms with Gasteiger partial charge in [0.05, 0.1) is 12.2 Å². The van der Waals surface area contributed by atoms with Gasteiger partial charge >= 0.3 is 0 Å². The molecular formula is C17H26N2O3. The summed E-state index contributed by atoms with van der Waals surface area (Å²) in [5.41, 5.74) is 0.603. The largest absolute Gasteiger partial charge is 0.475 e. The van der Waals surface area contributed by atoms with Crippen molar-refractivity contribution in [2.75, 3.05) is 6.54 Å². The highest BCUT2D eigenvalue weighted by Crippen LogP contribution is 2.24. The van der Waals surface area contributed by atoms with Gasteiger partial charge in [0.15, 0.2) is 0 Å². The molecule has 0 radical (unpaired) electrons. The van der Waals surface area contributed by atoms with Crippen LogP contribution < -0.4 is 4.74 Å². The maximum absolute atomic E-state index is 12.7. The van der Waals surface area contributed by atoms with Crippen molar-refractivity contribution in [1.29, 1.82) is 0 Å². The second kappa shape index (κ2) is 7.58. The lowest BCUT2D eigenvalue weighted by atomic mass is 10.1. The zero-order valence-corrected chi connectivity index (χ0v) is 13.7. The Bertz CT molecular complexity index is 504. The molecule has 3 atom stereocenters. The van der Waals surface area contributed by atoms with Gasteiger partial charge < -0.3 is 14.7 Å². The number of ether oxygens (including phenoxy) is 1. The number of likely N-dealkylation sites (tertiary alicyclic amines) is 1. The minimum absolute atomic E-state index is 0.000415. The topological polar surface area (TPSA) is 62.7 Å². The summed E-state index contributed by atoms with van der Waals surface area (Å²) in [7, 11) is 0. The molecule has 5 heteroatoms. The molecule has 122 valence electrons. The lowest BCUT2D eigenvalue weighted by molar-refractivity contribution is 0.0681. The minimum atomic E-state index is -0.389. The molecule has 2 heterocycles. The van der Waals surface area contributed by atoms with Gasteiger partial charge in [0.1, 0.15) is 0 Å². The van der Waals surface area contributed by atoms with E-state index in [-0.39, 0.29) is 24.2 Å². The fraction of sp³-hybridized carbons (Fsp3) is 0.647. The first kappa shape index (κ1) is 16.7. The summed E-state index contributed by atoms with van der Waals surface area (Å²) in [6, 6.07) is 3.56. The number of carbonyl (C=O) groups is 1. The fourth-order valence-corrected chi connectivity index (χ4v) is 2.80. The molecule has 22 heavy (non-hydrogen) atoms. The number of aliphatic hydroxyl groups excluding tert-OH is 1. The van der Waals surface area contributed by atoms with Crippen LogP contribution in [0.25, 0.3) is 0 Å². The number of aliphatic hydroxyl groups is 1. The molecule has 1 saturated heterocycles. The van der Waals surface area contributed by atoms with Gasteiger partial charge in [0.25, 0.3) is 5.91 Å². The van der Waals surface area contributed by atoms with Gasteiger partial charge in [-0.25, -0.2) is 4.98 Å². The van der Waals surface area contributed by atoms with Gasteiger partial charge in [-0.15, -0.1) is 0 Å². The van der Waals surface area contributed by atoms with Crippen LogP contribution in [-0.2, 0) is 0 Å². The Morgan fingerprint density at radius 3 is 3.00 bits per heavy atom. The Balaban J connectivity index is 2.10. The molecule has 1 aliphatic rings. The van der Waals surface area contributed by atoms with E-state index in [2.05, 4.69) is 4.98 Å². The van der Waals surface area contributed by atoms with E-state index in [1.165, 1.54) is 0 Å². The van der Waals surface area contributed by atoms with Gasteiger partial charge in [-0.3, -0.25) is 4.79 Å². The summed E-state index contributed by atoms with van der Waals surface area (Å²) in [6.07, 6.45) is 4.77. The Morgan fingerprint density at radius 1 is 1.55 bits per heavy atom. The molecule has 3 unspecified atom stereocenters. The van der Waals surface area contributed by atoms with E-state index in [1.807, 2.05) is 18.7 Å². The molecule has 1 aromatic heterocycles. The van der Waals surface area contributed by atoms with Crippen LogP contribution in [-0.4, -0.2) is 45.7 Å². The fourth-order valence-electron chi connectivity index (χ4n) is 2.80. The number of rotatable bonds is 6. The van der Waals surface area contributed by atoms with Crippen molar-refractivity contribution in [3.05, 3.63) is 23.9 Å². The molecular weight excluding hydrogens is 280 g/mol. The summed E-state index contributed by atoms with van der Waals surface area (Å²) >= 11 is 0. The van der Waals surface area contributed by atoms with E-state index in [4.69, 9.17) is 4.74 Å². The third-order valence-corrected chi connectivity index (χ3v) is 4.13. The third kappa shape index (κ3) is 4.19. The van der Waals surface area contributed by atoms with E-state index in [0.29, 0.717) is 17.9 Å². The molecule has 1 aliphatic heterocycles. The molecule has 2 rings (SSSR count). The minimum Gasteiger partial charge on any atom is -0.475 e. The summed E-state index contributed by atoms with van der Waals surface area (Å²) in [5.74, 6) is 0.492. The van der Waals surface area contributed by atoms with Crippen molar-refractivity contribution in [2.45, 2.75) is 64.7 Å². The molecule has 0 aliphatic carbocycles. The summed E-state index contributed by atoms with van der Waals surface area (Å²) in [6.45, 7) is 6.55. The van der Waals surface area contributed by atoms with Crippen LogP contribution in [0.15, 0.2) is 18.3 Å². The Labute approximate surface area is 132 Å². The van der Waals surface area contributed by atoms with Gasteiger partial charge in [0, 0.05) is 30.4 Å². The van der Waals surface area contributed by atoms with Crippen LogP contribution in [0.3, 0.4) is 0 Å². The SMILES string of the molecule is CCC(C)Oc1cc(C(=O)N2CCCC2CC(C)O)ccn1. The maximum Gasteiger partial charge on any atom is 0.254 e. The van der Waals surface area contributed by atoms with E-state index in [9.17, 15) is 9.90 Å². The summed E-state index contributed by atoms with van der Waals surface area (Å²) < 4.78 is 5.69. The van der Waals surface area contributed by atoms with E-state index in [0.717, 1.165) is 25.8 Å². The van der Waals surface area contributed by atoms with Crippen molar-refractivity contribution in [1.82, 2.24) is 9.88 Å². The van der Waals surface area contributed by atoms with Crippen LogP contribution >= 0.6 is 0 Å². The summed E-state index contributed by atoms with van der Waals surface area (Å²) in [4.78, 5) is 18.7. The molecule has 1 aromatic rings. The Kier molecular flexibility index (Phi) is 5.77. The predicted octanol–water partition coefficient (Wildman–Crippen LogP) is 2.63. The standard InChI is InChI=1S/C17H26N2O3/c1-4-13(3)22-16-11-14(7-8-18-16)17(21)19-9-5-6-15(19)10-12(2)20/h7-8,11-13,15,20H,4-6,9-10H2,1-3H3. The van der Waals surface area contributed by atoms with Gasteiger partial charge in [-0.1, -0.05) is 6.92 Å². The van der Waals surface area contributed by atoms with E-state index >= 15 is 0 Å². The third-order valence-electron chi connectivity index (χ3n) is 4.13. The zero-order valence-electron chi connectivity index (χ0n) is 13.7. The molecule has 1 fully saturated rings. The van der Waals surface area contributed by atoms with Crippen LogP contribution in [0.2, 0.25) is 0 Å². The van der Waals surface area contributed by atoms with Gasteiger partial charge in [-0.2, -0.15) is 0 Å². The average molecular weight is 306 g/mol. The molecule has 5 nitrogen and oxygen atoms in total. The lowest BCUT2D eigenvalue weighted by Gasteiger charge is -2.26. The van der Waals surface area contributed by atoms with Crippen molar-refractivity contribution in [3.63, 3.8) is 0 Å². The number of hydrogen-bond donors (Lipinski definition) is 1. The number of hydrogen-bond acceptors (Lipinski definition) is 4. The number of nitrogens with zero attached hydrogens (tertiary/aromatic N) is 2. The Hall–Kier alpha value is -1.62. The van der Waals surface area contributed by atoms with Crippen LogP contribution in [0.4, 0.5) is 0 Å². The maximum atomic E-state index is 12.7. The molecule has 1 amide bonds. The molecule has 1 N–H and O–H groups in total. The quantitative estimate of drug-likeness (QED) is 0.877. The Morgan fingerprint density at radius 2 is 2.32 bits per heavy atom. The van der Waals surface area contributed by atoms with Crippen LogP contribution in [0.5, 0.6) is 5.88 Å². The normalized spacial score (nSPS) is 20.7. The highest BCUT2D eigenvalue weighted by molar-refractivity contribution is 5.94. The second-order valence-electron chi connectivity index (χ2n) is 6.10. The van der Waals surface area contributed by atoms with E-state index < -0.39 is 0 Å². The van der Waals surface area contributed by atoms with Gasteiger partial charge in [0.2, 0.25) is 5.88 Å².